The number of carboxylic acid groups (broad SMARTS) is 1. The zero-order valence-corrected chi connectivity index (χ0v) is 12.6. The van der Waals surface area contributed by atoms with E-state index in [2.05, 4.69) is 9.88 Å². The first-order valence-corrected chi connectivity index (χ1v) is 7.11. The number of aromatic nitrogens is 1. The van der Waals surface area contributed by atoms with Crippen LogP contribution in [0.25, 0.3) is 0 Å². The fourth-order valence-corrected chi connectivity index (χ4v) is 2.20. The molecular weight excluding hydrogens is 280 g/mol. The Morgan fingerprint density at radius 2 is 1.91 bits per heavy atom. The van der Waals surface area contributed by atoms with E-state index in [0.717, 1.165) is 30.8 Å². The number of ether oxygens (including phenoxy) is 1. The molecular formula is C17H20N2O3. The maximum absolute atomic E-state index is 10.9. The zero-order chi connectivity index (χ0) is 15.8. The Labute approximate surface area is 130 Å². The number of pyridine rings is 1. The average molecular weight is 300 g/mol. The molecule has 1 N–H and O–H groups in total. The van der Waals surface area contributed by atoms with Crippen LogP contribution in [0, 0.1) is 0 Å². The van der Waals surface area contributed by atoms with Gasteiger partial charge in [0.25, 0.3) is 0 Å². The molecule has 0 unspecified atom stereocenters. The highest BCUT2D eigenvalue weighted by atomic mass is 16.5. The molecule has 0 spiro atoms. The standard InChI is InChI=1S/C17H20N2O3/c1-22-10-9-19(13-15-3-2-8-18-11-15)12-14-4-6-16(7-5-14)17(20)21/h2-8,11H,9-10,12-13H2,1H3,(H,20,21). The molecule has 5 nitrogen and oxygen atoms in total. The first-order valence-electron chi connectivity index (χ1n) is 7.11. The number of nitrogens with zero attached hydrogens (tertiary/aromatic N) is 2. The van der Waals surface area contributed by atoms with E-state index in [1.807, 2.05) is 30.5 Å². The number of aromatic carboxylic acids is 1. The Morgan fingerprint density at radius 1 is 1.18 bits per heavy atom. The van der Waals surface area contributed by atoms with Gasteiger partial charge in [0.2, 0.25) is 0 Å². The predicted molar refractivity (Wildman–Crippen MR) is 83.6 cm³/mol. The summed E-state index contributed by atoms with van der Waals surface area (Å²) in [6.07, 6.45) is 3.61. The van der Waals surface area contributed by atoms with Crippen LogP contribution in [-0.2, 0) is 17.8 Å². The number of rotatable bonds is 8. The third-order valence-electron chi connectivity index (χ3n) is 3.35. The number of methoxy groups -OCH3 is 1. The maximum Gasteiger partial charge on any atom is 0.335 e. The van der Waals surface area contributed by atoms with Crippen molar-refractivity contribution in [1.82, 2.24) is 9.88 Å². The highest BCUT2D eigenvalue weighted by Crippen LogP contribution is 2.11. The number of carboxylic acids is 1. The van der Waals surface area contributed by atoms with Gasteiger partial charge in [-0.15, -0.1) is 0 Å². The van der Waals surface area contributed by atoms with Crippen molar-refractivity contribution in [2.24, 2.45) is 0 Å². The van der Waals surface area contributed by atoms with Crippen molar-refractivity contribution in [2.45, 2.75) is 13.1 Å². The second-order valence-corrected chi connectivity index (χ2v) is 5.07. The maximum atomic E-state index is 10.9. The third kappa shape index (κ3) is 4.95. The van der Waals surface area contributed by atoms with Crippen LogP contribution in [0.5, 0.6) is 0 Å². The largest absolute Gasteiger partial charge is 0.478 e. The second-order valence-electron chi connectivity index (χ2n) is 5.07. The van der Waals surface area contributed by atoms with Gasteiger partial charge in [-0.05, 0) is 29.3 Å². The quantitative estimate of drug-likeness (QED) is 0.811. The van der Waals surface area contributed by atoms with E-state index in [0.29, 0.717) is 12.2 Å². The Hall–Kier alpha value is -2.24. The smallest absolute Gasteiger partial charge is 0.335 e. The van der Waals surface area contributed by atoms with E-state index < -0.39 is 5.97 Å². The highest BCUT2D eigenvalue weighted by molar-refractivity contribution is 5.87. The van der Waals surface area contributed by atoms with Crippen LogP contribution < -0.4 is 0 Å². The number of benzene rings is 1. The lowest BCUT2D eigenvalue weighted by Crippen LogP contribution is -2.26. The normalized spacial score (nSPS) is 10.8. The van der Waals surface area contributed by atoms with Crippen molar-refractivity contribution in [3.05, 3.63) is 65.5 Å². The van der Waals surface area contributed by atoms with E-state index in [4.69, 9.17) is 9.84 Å². The molecule has 0 aliphatic heterocycles. The molecule has 116 valence electrons. The molecule has 0 aliphatic carbocycles. The summed E-state index contributed by atoms with van der Waals surface area (Å²) in [5.41, 5.74) is 2.52. The van der Waals surface area contributed by atoms with E-state index in [9.17, 15) is 4.79 Å². The Morgan fingerprint density at radius 3 is 2.50 bits per heavy atom. The minimum Gasteiger partial charge on any atom is -0.478 e. The minimum absolute atomic E-state index is 0.305. The van der Waals surface area contributed by atoms with E-state index in [-0.39, 0.29) is 0 Å². The van der Waals surface area contributed by atoms with Gasteiger partial charge >= 0.3 is 5.97 Å². The average Bonchev–Trinajstić information content (AvgIpc) is 2.54. The van der Waals surface area contributed by atoms with Crippen molar-refractivity contribution in [2.75, 3.05) is 20.3 Å². The van der Waals surface area contributed by atoms with Gasteiger partial charge in [-0.1, -0.05) is 18.2 Å². The van der Waals surface area contributed by atoms with Crippen molar-refractivity contribution in [1.29, 1.82) is 0 Å². The molecule has 5 heteroatoms. The molecule has 22 heavy (non-hydrogen) atoms. The SMILES string of the molecule is COCCN(Cc1ccc(C(=O)O)cc1)Cc1cccnc1. The Kier molecular flexibility index (Phi) is 6.06. The van der Waals surface area contributed by atoms with Crippen LogP contribution in [0.1, 0.15) is 21.5 Å². The molecule has 0 saturated heterocycles. The van der Waals surface area contributed by atoms with Crippen LogP contribution in [0.4, 0.5) is 0 Å². The molecule has 0 bridgehead atoms. The van der Waals surface area contributed by atoms with Gasteiger partial charge in [0, 0.05) is 39.1 Å². The minimum atomic E-state index is -0.904. The number of hydrogen-bond acceptors (Lipinski definition) is 4. The molecule has 0 fully saturated rings. The molecule has 0 aliphatic rings. The fourth-order valence-electron chi connectivity index (χ4n) is 2.20. The second kappa shape index (κ2) is 8.26. The number of carbonyl (C=O) groups is 1. The molecule has 0 amide bonds. The van der Waals surface area contributed by atoms with Gasteiger partial charge in [0.15, 0.2) is 0 Å². The van der Waals surface area contributed by atoms with Gasteiger partial charge in [-0.25, -0.2) is 4.79 Å². The lowest BCUT2D eigenvalue weighted by atomic mass is 10.1. The highest BCUT2D eigenvalue weighted by Gasteiger charge is 2.08. The topological polar surface area (TPSA) is 62.7 Å². The monoisotopic (exact) mass is 300 g/mol. The lowest BCUT2D eigenvalue weighted by Gasteiger charge is -2.22. The zero-order valence-electron chi connectivity index (χ0n) is 12.6. The fraction of sp³-hybridized carbons (Fsp3) is 0.294. The summed E-state index contributed by atoms with van der Waals surface area (Å²) in [5.74, 6) is -0.904. The molecule has 1 heterocycles. The van der Waals surface area contributed by atoms with Crippen LogP contribution in [0.15, 0.2) is 48.8 Å². The summed E-state index contributed by atoms with van der Waals surface area (Å²) in [5, 5.41) is 8.93. The predicted octanol–water partition coefficient (Wildman–Crippen LogP) is 2.43. The van der Waals surface area contributed by atoms with Crippen LogP contribution in [-0.4, -0.2) is 41.2 Å². The van der Waals surface area contributed by atoms with Crippen LogP contribution >= 0.6 is 0 Å². The molecule has 1 aromatic carbocycles. The molecule has 1 aromatic heterocycles. The van der Waals surface area contributed by atoms with E-state index in [1.165, 1.54) is 0 Å². The lowest BCUT2D eigenvalue weighted by molar-refractivity contribution is 0.0697. The van der Waals surface area contributed by atoms with Gasteiger partial charge in [0.1, 0.15) is 0 Å². The van der Waals surface area contributed by atoms with Gasteiger partial charge < -0.3 is 9.84 Å². The van der Waals surface area contributed by atoms with Crippen LogP contribution in [0.3, 0.4) is 0 Å². The summed E-state index contributed by atoms with van der Waals surface area (Å²) in [4.78, 5) is 17.3. The van der Waals surface area contributed by atoms with Gasteiger partial charge in [0.05, 0.1) is 12.2 Å². The van der Waals surface area contributed by atoms with Crippen molar-refractivity contribution >= 4 is 5.97 Å². The summed E-state index contributed by atoms with van der Waals surface area (Å²) < 4.78 is 5.16. The summed E-state index contributed by atoms with van der Waals surface area (Å²) in [6, 6.07) is 10.9. The van der Waals surface area contributed by atoms with Crippen molar-refractivity contribution < 1.29 is 14.6 Å². The Balaban J connectivity index is 2.03. The van der Waals surface area contributed by atoms with Crippen molar-refractivity contribution in [3.8, 4) is 0 Å². The van der Waals surface area contributed by atoms with Crippen LogP contribution in [0.2, 0.25) is 0 Å². The summed E-state index contributed by atoms with van der Waals surface area (Å²) >= 11 is 0. The molecule has 0 atom stereocenters. The third-order valence-corrected chi connectivity index (χ3v) is 3.35. The summed E-state index contributed by atoms with van der Waals surface area (Å²) in [7, 11) is 1.68. The van der Waals surface area contributed by atoms with Gasteiger partial charge in [-0.3, -0.25) is 9.88 Å². The molecule has 2 rings (SSSR count). The molecule has 2 aromatic rings. The summed E-state index contributed by atoms with van der Waals surface area (Å²) in [6.45, 7) is 2.95. The first-order chi connectivity index (χ1) is 10.7. The number of hydrogen-bond donors (Lipinski definition) is 1. The first kappa shape index (κ1) is 16.1. The molecule has 0 radical (unpaired) electrons. The van der Waals surface area contributed by atoms with E-state index in [1.54, 1.807) is 25.4 Å². The van der Waals surface area contributed by atoms with Crippen molar-refractivity contribution in [3.63, 3.8) is 0 Å². The van der Waals surface area contributed by atoms with E-state index >= 15 is 0 Å². The molecule has 0 saturated carbocycles. The van der Waals surface area contributed by atoms with Gasteiger partial charge in [-0.2, -0.15) is 0 Å². The Bertz CT molecular complexity index is 585.